The second kappa shape index (κ2) is 5.50. The molecule has 2 N–H and O–H groups in total. The zero-order valence-electron chi connectivity index (χ0n) is 9.22. The maximum atomic E-state index is 11.7. The van der Waals surface area contributed by atoms with Crippen LogP contribution in [0.3, 0.4) is 0 Å². The van der Waals surface area contributed by atoms with Crippen molar-refractivity contribution in [3.8, 4) is 5.75 Å². The van der Waals surface area contributed by atoms with Gasteiger partial charge in [0.05, 0.1) is 5.56 Å². The van der Waals surface area contributed by atoms with Gasteiger partial charge in [-0.2, -0.15) is 0 Å². The standard InChI is InChI=1S/C13H13NO2S/c15-12-6-2-1-5-11(12)13(16)14-8-7-10-4-3-9-17-10/h1-6,9,15H,7-8H2,(H,14,16). The molecule has 17 heavy (non-hydrogen) atoms. The Labute approximate surface area is 104 Å². The summed E-state index contributed by atoms with van der Waals surface area (Å²) in [5, 5.41) is 14.3. The molecule has 0 aliphatic rings. The molecule has 1 aromatic carbocycles. The van der Waals surface area contributed by atoms with Crippen LogP contribution >= 0.6 is 11.3 Å². The first-order chi connectivity index (χ1) is 8.27. The highest BCUT2D eigenvalue weighted by Gasteiger charge is 2.08. The number of para-hydroxylation sites is 1. The summed E-state index contributed by atoms with van der Waals surface area (Å²) in [6, 6.07) is 10.6. The summed E-state index contributed by atoms with van der Waals surface area (Å²) in [6.45, 7) is 0.577. The summed E-state index contributed by atoms with van der Waals surface area (Å²) < 4.78 is 0. The molecule has 1 heterocycles. The number of phenolic OH excluding ortho intramolecular Hbond substituents is 1. The molecule has 0 aliphatic carbocycles. The van der Waals surface area contributed by atoms with Gasteiger partial charge in [-0.25, -0.2) is 0 Å². The van der Waals surface area contributed by atoms with Crippen LogP contribution in [0.4, 0.5) is 0 Å². The van der Waals surface area contributed by atoms with Crippen molar-refractivity contribution in [1.29, 1.82) is 0 Å². The molecule has 0 unspecified atom stereocenters. The Hall–Kier alpha value is -1.81. The van der Waals surface area contributed by atoms with Gasteiger partial charge in [-0.05, 0) is 30.0 Å². The van der Waals surface area contributed by atoms with E-state index >= 15 is 0 Å². The minimum Gasteiger partial charge on any atom is -0.507 e. The van der Waals surface area contributed by atoms with Crippen LogP contribution in [-0.2, 0) is 6.42 Å². The summed E-state index contributed by atoms with van der Waals surface area (Å²) in [4.78, 5) is 13.0. The van der Waals surface area contributed by atoms with Gasteiger partial charge < -0.3 is 10.4 Å². The quantitative estimate of drug-likeness (QED) is 0.871. The molecule has 2 aromatic rings. The Kier molecular flexibility index (Phi) is 3.77. The number of thiophene rings is 1. The molecule has 0 atom stereocenters. The predicted molar refractivity (Wildman–Crippen MR) is 68.5 cm³/mol. The fourth-order valence-electron chi connectivity index (χ4n) is 1.51. The van der Waals surface area contributed by atoms with E-state index in [1.807, 2.05) is 17.5 Å². The van der Waals surface area contributed by atoms with Crippen LogP contribution in [0.2, 0.25) is 0 Å². The van der Waals surface area contributed by atoms with Crippen LogP contribution in [-0.4, -0.2) is 17.6 Å². The zero-order valence-corrected chi connectivity index (χ0v) is 10.0. The topological polar surface area (TPSA) is 49.3 Å². The van der Waals surface area contributed by atoms with Crippen LogP contribution in [0.1, 0.15) is 15.2 Å². The number of hydrogen-bond donors (Lipinski definition) is 2. The number of carbonyl (C=O) groups is 1. The highest BCUT2D eigenvalue weighted by atomic mass is 32.1. The lowest BCUT2D eigenvalue weighted by molar-refractivity contribution is 0.0951. The molecule has 0 aliphatic heterocycles. The minimum absolute atomic E-state index is 0.0149. The van der Waals surface area contributed by atoms with Crippen molar-refractivity contribution >= 4 is 17.2 Å². The smallest absolute Gasteiger partial charge is 0.255 e. The van der Waals surface area contributed by atoms with E-state index in [0.29, 0.717) is 12.1 Å². The molecule has 1 aromatic heterocycles. The largest absolute Gasteiger partial charge is 0.507 e. The third-order valence-electron chi connectivity index (χ3n) is 2.39. The van der Waals surface area contributed by atoms with Crippen molar-refractivity contribution in [3.05, 3.63) is 52.2 Å². The van der Waals surface area contributed by atoms with Crippen molar-refractivity contribution in [2.45, 2.75) is 6.42 Å². The van der Waals surface area contributed by atoms with Crippen LogP contribution in [0, 0.1) is 0 Å². The number of nitrogens with one attached hydrogen (secondary N) is 1. The molecule has 0 spiro atoms. The number of amides is 1. The van der Waals surface area contributed by atoms with E-state index < -0.39 is 0 Å². The molecule has 0 bridgehead atoms. The second-order valence-corrected chi connectivity index (χ2v) is 4.63. The van der Waals surface area contributed by atoms with Crippen molar-refractivity contribution in [2.24, 2.45) is 0 Å². The first kappa shape index (κ1) is 11.7. The van der Waals surface area contributed by atoms with Crippen LogP contribution in [0.25, 0.3) is 0 Å². The summed E-state index contributed by atoms with van der Waals surface area (Å²) in [6.07, 6.45) is 0.816. The Balaban J connectivity index is 1.88. The van der Waals surface area contributed by atoms with Gasteiger partial charge in [0.15, 0.2) is 0 Å². The van der Waals surface area contributed by atoms with Crippen molar-refractivity contribution in [1.82, 2.24) is 5.32 Å². The average Bonchev–Trinajstić information content (AvgIpc) is 2.82. The van der Waals surface area contributed by atoms with Crippen molar-refractivity contribution < 1.29 is 9.90 Å². The summed E-state index contributed by atoms with van der Waals surface area (Å²) in [5.41, 5.74) is 0.318. The molecule has 3 nitrogen and oxygen atoms in total. The maximum absolute atomic E-state index is 11.7. The lowest BCUT2D eigenvalue weighted by Crippen LogP contribution is -2.25. The van der Waals surface area contributed by atoms with Crippen molar-refractivity contribution in [2.75, 3.05) is 6.54 Å². The number of hydrogen-bond acceptors (Lipinski definition) is 3. The summed E-state index contributed by atoms with van der Waals surface area (Å²) in [7, 11) is 0. The first-order valence-electron chi connectivity index (χ1n) is 5.36. The van der Waals surface area contributed by atoms with E-state index in [1.54, 1.807) is 29.5 Å². The normalized spacial score (nSPS) is 10.1. The number of aromatic hydroxyl groups is 1. The molecule has 88 valence electrons. The third kappa shape index (κ3) is 3.07. The molecule has 1 amide bonds. The molecule has 0 radical (unpaired) electrons. The van der Waals surface area contributed by atoms with E-state index in [2.05, 4.69) is 5.32 Å². The maximum Gasteiger partial charge on any atom is 0.255 e. The Bertz CT molecular complexity index is 494. The number of phenols is 1. The van der Waals surface area contributed by atoms with Crippen molar-refractivity contribution in [3.63, 3.8) is 0 Å². The summed E-state index contributed by atoms with van der Waals surface area (Å²) in [5.74, 6) is -0.222. The average molecular weight is 247 g/mol. The van der Waals surface area contributed by atoms with E-state index in [4.69, 9.17) is 0 Å². The van der Waals surface area contributed by atoms with Gasteiger partial charge in [0.2, 0.25) is 0 Å². The Morgan fingerprint density at radius 2 is 2.06 bits per heavy atom. The first-order valence-corrected chi connectivity index (χ1v) is 6.24. The van der Waals surface area contributed by atoms with Gasteiger partial charge in [-0.3, -0.25) is 4.79 Å². The SMILES string of the molecule is O=C(NCCc1cccs1)c1ccccc1O. The fraction of sp³-hybridized carbons (Fsp3) is 0.154. The number of benzene rings is 1. The minimum atomic E-state index is -0.236. The lowest BCUT2D eigenvalue weighted by atomic mass is 10.2. The van der Waals surface area contributed by atoms with Gasteiger partial charge in [0.1, 0.15) is 5.75 Å². The second-order valence-electron chi connectivity index (χ2n) is 3.60. The molecular weight excluding hydrogens is 234 g/mol. The van der Waals surface area contributed by atoms with Crippen LogP contribution < -0.4 is 5.32 Å². The molecule has 2 rings (SSSR count). The molecule has 0 saturated carbocycles. The van der Waals surface area contributed by atoms with Gasteiger partial charge in [-0.15, -0.1) is 11.3 Å². The van der Waals surface area contributed by atoms with Crippen LogP contribution in [0.5, 0.6) is 5.75 Å². The van der Waals surface area contributed by atoms with E-state index in [9.17, 15) is 9.90 Å². The molecular formula is C13H13NO2S. The van der Waals surface area contributed by atoms with Gasteiger partial charge in [-0.1, -0.05) is 18.2 Å². The van der Waals surface area contributed by atoms with E-state index in [-0.39, 0.29) is 11.7 Å². The third-order valence-corrected chi connectivity index (χ3v) is 3.32. The Morgan fingerprint density at radius 3 is 2.76 bits per heavy atom. The Morgan fingerprint density at radius 1 is 1.24 bits per heavy atom. The predicted octanol–water partition coefficient (Wildman–Crippen LogP) is 2.43. The lowest BCUT2D eigenvalue weighted by Gasteiger charge is -2.05. The molecule has 0 fully saturated rings. The fourth-order valence-corrected chi connectivity index (χ4v) is 2.22. The van der Waals surface area contributed by atoms with E-state index in [1.165, 1.54) is 10.9 Å². The number of carbonyl (C=O) groups excluding carboxylic acids is 1. The monoisotopic (exact) mass is 247 g/mol. The van der Waals surface area contributed by atoms with E-state index in [0.717, 1.165) is 6.42 Å². The highest BCUT2D eigenvalue weighted by molar-refractivity contribution is 7.09. The van der Waals surface area contributed by atoms with Crippen LogP contribution in [0.15, 0.2) is 41.8 Å². The van der Waals surface area contributed by atoms with Gasteiger partial charge >= 0.3 is 0 Å². The summed E-state index contributed by atoms with van der Waals surface area (Å²) >= 11 is 1.67. The molecule has 0 saturated heterocycles. The van der Waals surface area contributed by atoms with Gasteiger partial charge in [0.25, 0.3) is 5.91 Å². The van der Waals surface area contributed by atoms with Gasteiger partial charge in [0, 0.05) is 11.4 Å². The molecule has 4 heteroatoms. The highest BCUT2D eigenvalue weighted by Crippen LogP contribution is 2.15. The number of rotatable bonds is 4. The zero-order chi connectivity index (χ0) is 12.1.